The molecule has 0 heterocycles. The van der Waals surface area contributed by atoms with E-state index in [1.807, 2.05) is 185 Å². The van der Waals surface area contributed by atoms with E-state index in [1.54, 1.807) is 26.0 Å². The average molecular weight is 1090 g/mol. The molecule has 0 radical (unpaired) electrons. The minimum Gasteiger partial charge on any atom is -0.507 e. The molecule has 10 aromatic carbocycles. The SMILES string of the molecule is CC(C)c1cc(-c2cc(-c3ccccc3)cc(-c3ccccc3)c2)c(O)c(-c2c(O[C@H](C)C[C@H](C)Oc3cc(F)c(F)c(F)c3-c3cc(C(C)C)cc(-c4cc(-c5ccccc5)cc(-c5ccccc5)c4)c3O)cc(F)c(F)c2F)c1. The number of rotatable bonds is 16. The smallest absolute Gasteiger partial charge is 0.195 e. The number of hydrogen-bond acceptors (Lipinski definition) is 4. The first-order valence-electron chi connectivity index (χ1n) is 26.9. The van der Waals surface area contributed by atoms with E-state index in [4.69, 9.17) is 9.47 Å². The number of halogens is 6. The standard InChI is InChI=1S/C71H58F6O4/c1-40(2)48-34-56(54-30-50(44-19-11-7-12-20-44)28-51(31-54)45-21-13-8-14-22-45)70(78)58(36-48)64-62(38-60(72)66(74)68(64)76)80-42(5)27-43(6)81-63-39-61(73)67(75)69(77)65(63)59-37-49(41(3)4)35-57(71(59)79)55-32-52(46-23-15-9-16-24-46)29-53(33-55)47-25-17-10-18-26-47/h7-26,28-43,78-79H,27H2,1-6H3/t42-,43+. The van der Waals surface area contributed by atoms with Crippen molar-refractivity contribution in [3.8, 4) is 112 Å². The zero-order chi connectivity index (χ0) is 57.2. The van der Waals surface area contributed by atoms with Gasteiger partial charge < -0.3 is 19.7 Å². The lowest BCUT2D eigenvalue weighted by Crippen LogP contribution is -2.24. The van der Waals surface area contributed by atoms with Gasteiger partial charge in [0.25, 0.3) is 0 Å². The molecule has 2 N–H and O–H groups in total. The molecule has 0 saturated heterocycles. The van der Waals surface area contributed by atoms with Crippen LogP contribution in [0, 0.1) is 34.9 Å². The monoisotopic (exact) mass is 1090 g/mol. The molecule has 10 aromatic rings. The molecule has 2 atom stereocenters. The van der Waals surface area contributed by atoms with Gasteiger partial charge in [0.15, 0.2) is 34.9 Å². The molecule has 10 rings (SSSR count). The summed E-state index contributed by atoms with van der Waals surface area (Å²) in [7, 11) is 0. The number of phenols is 2. The predicted molar refractivity (Wildman–Crippen MR) is 312 cm³/mol. The molecule has 0 bridgehead atoms. The largest absolute Gasteiger partial charge is 0.507 e. The summed E-state index contributed by atoms with van der Waals surface area (Å²) in [4.78, 5) is 0. The van der Waals surface area contributed by atoms with E-state index in [9.17, 15) is 10.2 Å². The zero-order valence-electron chi connectivity index (χ0n) is 45.5. The van der Waals surface area contributed by atoms with E-state index >= 15 is 26.3 Å². The Balaban J connectivity index is 1.01. The van der Waals surface area contributed by atoms with Crippen LogP contribution in [0.5, 0.6) is 23.0 Å². The molecular weight excluding hydrogens is 1030 g/mol. The van der Waals surface area contributed by atoms with Gasteiger partial charge in [-0.05, 0) is 153 Å². The second-order valence-corrected chi connectivity index (χ2v) is 21.1. The minimum absolute atomic E-state index is 0.115. The normalized spacial score (nSPS) is 12.2. The minimum atomic E-state index is -1.78. The number of aromatic hydroxyl groups is 2. The van der Waals surface area contributed by atoms with E-state index < -0.39 is 81.2 Å². The predicted octanol–water partition coefficient (Wildman–Crippen LogP) is 20.1. The molecule has 0 aromatic heterocycles. The van der Waals surface area contributed by atoms with Crippen LogP contribution < -0.4 is 9.47 Å². The Morgan fingerprint density at radius 2 is 0.593 bits per heavy atom. The van der Waals surface area contributed by atoms with Crippen molar-refractivity contribution >= 4 is 0 Å². The highest BCUT2D eigenvalue weighted by atomic mass is 19.2. The maximum atomic E-state index is 16.6. The van der Waals surface area contributed by atoms with Crippen LogP contribution in [-0.4, -0.2) is 22.4 Å². The van der Waals surface area contributed by atoms with Crippen molar-refractivity contribution in [1.29, 1.82) is 0 Å². The maximum absolute atomic E-state index is 16.6. The summed E-state index contributed by atoms with van der Waals surface area (Å²) in [5, 5.41) is 24.7. The molecule has 408 valence electrons. The average Bonchev–Trinajstić information content (AvgIpc) is 3.65. The third-order valence-electron chi connectivity index (χ3n) is 14.6. The Bertz CT molecular complexity index is 3550. The first-order valence-corrected chi connectivity index (χ1v) is 26.9. The lowest BCUT2D eigenvalue weighted by atomic mass is 9.88. The summed E-state index contributed by atoms with van der Waals surface area (Å²) in [5.74, 6) is -11.9. The Labute approximate surface area is 468 Å². The van der Waals surface area contributed by atoms with E-state index in [-0.39, 0.29) is 29.4 Å². The Hall–Kier alpha value is -9.02. The Morgan fingerprint density at radius 1 is 0.321 bits per heavy atom. The molecule has 81 heavy (non-hydrogen) atoms. The molecule has 0 aliphatic rings. The molecule has 0 amide bonds. The van der Waals surface area contributed by atoms with Gasteiger partial charge in [-0.3, -0.25) is 0 Å². The molecule has 0 aliphatic carbocycles. The van der Waals surface area contributed by atoms with Crippen LogP contribution in [-0.2, 0) is 0 Å². The van der Waals surface area contributed by atoms with Crippen molar-refractivity contribution in [1.82, 2.24) is 0 Å². The molecule has 10 heteroatoms. The van der Waals surface area contributed by atoms with Gasteiger partial charge in [0.1, 0.15) is 23.0 Å². The van der Waals surface area contributed by atoms with Gasteiger partial charge in [0.2, 0.25) is 0 Å². The Morgan fingerprint density at radius 3 is 0.877 bits per heavy atom. The van der Waals surface area contributed by atoms with Gasteiger partial charge in [-0.15, -0.1) is 0 Å². The number of benzene rings is 10. The van der Waals surface area contributed by atoms with Crippen molar-refractivity contribution in [2.24, 2.45) is 0 Å². The fraction of sp³-hybridized carbons (Fsp3) is 0.155. The summed E-state index contributed by atoms with van der Waals surface area (Å²) < 4.78 is 108. The van der Waals surface area contributed by atoms with E-state index in [0.29, 0.717) is 45.5 Å². The number of phenolic OH excluding ortho intramolecular Hbond substituents is 2. The highest BCUT2D eigenvalue weighted by Gasteiger charge is 2.30. The summed E-state index contributed by atoms with van der Waals surface area (Å²) in [5.41, 5.74) is 8.64. The summed E-state index contributed by atoms with van der Waals surface area (Å²) in [6.07, 6.45) is -2.13. The topological polar surface area (TPSA) is 58.9 Å². The van der Waals surface area contributed by atoms with Crippen LogP contribution in [0.25, 0.3) is 89.0 Å². The van der Waals surface area contributed by atoms with Crippen molar-refractivity contribution in [3.05, 3.63) is 240 Å². The van der Waals surface area contributed by atoms with Crippen LogP contribution in [0.4, 0.5) is 26.3 Å². The lowest BCUT2D eigenvalue weighted by molar-refractivity contribution is 0.130. The Kier molecular flexibility index (Phi) is 15.9. The highest BCUT2D eigenvalue weighted by molar-refractivity contribution is 5.91. The molecule has 0 fully saturated rings. The second-order valence-electron chi connectivity index (χ2n) is 21.1. The molecule has 0 saturated carbocycles. The van der Waals surface area contributed by atoms with E-state index in [0.717, 1.165) is 44.5 Å². The van der Waals surface area contributed by atoms with Crippen molar-refractivity contribution in [2.45, 2.75) is 72.0 Å². The van der Waals surface area contributed by atoms with Crippen LogP contribution in [0.15, 0.2) is 194 Å². The summed E-state index contributed by atoms with van der Waals surface area (Å²) in [6, 6.07) is 58.5. The van der Waals surface area contributed by atoms with Gasteiger partial charge >= 0.3 is 0 Å². The summed E-state index contributed by atoms with van der Waals surface area (Å²) >= 11 is 0. The van der Waals surface area contributed by atoms with Crippen LogP contribution in [0.1, 0.15) is 70.9 Å². The fourth-order valence-corrected chi connectivity index (χ4v) is 10.4. The van der Waals surface area contributed by atoms with Gasteiger partial charge in [0, 0.05) is 40.8 Å². The fourth-order valence-electron chi connectivity index (χ4n) is 10.4. The molecule has 0 spiro atoms. The van der Waals surface area contributed by atoms with Crippen LogP contribution in [0.2, 0.25) is 0 Å². The van der Waals surface area contributed by atoms with Crippen molar-refractivity contribution in [2.75, 3.05) is 0 Å². The quantitative estimate of drug-likeness (QED) is 0.0748. The first-order chi connectivity index (χ1) is 38.9. The number of ether oxygens (including phenoxy) is 2. The summed E-state index contributed by atoms with van der Waals surface area (Å²) in [6.45, 7) is 10.8. The van der Waals surface area contributed by atoms with E-state index in [2.05, 4.69) is 0 Å². The first kappa shape index (κ1) is 55.3. The van der Waals surface area contributed by atoms with E-state index in [1.165, 1.54) is 12.1 Å². The van der Waals surface area contributed by atoms with Crippen molar-refractivity contribution in [3.63, 3.8) is 0 Å². The molecule has 0 aliphatic heterocycles. The maximum Gasteiger partial charge on any atom is 0.195 e. The molecule has 0 unspecified atom stereocenters. The molecular formula is C71H58F6O4. The van der Waals surface area contributed by atoms with Gasteiger partial charge in [-0.25, -0.2) is 26.3 Å². The lowest BCUT2D eigenvalue weighted by Gasteiger charge is -2.25. The van der Waals surface area contributed by atoms with Crippen LogP contribution >= 0.6 is 0 Å². The van der Waals surface area contributed by atoms with Gasteiger partial charge in [-0.1, -0.05) is 149 Å². The third kappa shape index (κ3) is 11.6. The highest BCUT2D eigenvalue weighted by Crippen LogP contribution is 2.50. The number of hydrogen-bond donors (Lipinski definition) is 2. The second kappa shape index (κ2) is 23.4. The van der Waals surface area contributed by atoms with Crippen molar-refractivity contribution < 1.29 is 46.0 Å². The van der Waals surface area contributed by atoms with Crippen LogP contribution in [0.3, 0.4) is 0 Å². The van der Waals surface area contributed by atoms with Gasteiger partial charge in [-0.2, -0.15) is 0 Å². The third-order valence-corrected chi connectivity index (χ3v) is 14.6. The molecule has 4 nitrogen and oxygen atoms in total. The van der Waals surface area contributed by atoms with Gasteiger partial charge in [0.05, 0.1) is 23.3 Å². The zero-order valence-corrected chi connectivity index (χ0v) is 45.5.